The Balaban J connectivity index is 1.90. The van der Waals surface area contributed by atoms with Crippen LogP contribution in [0.2, 0.25) is 0 Å². The number of aromatic hydroxyl groups is 3. The van der Waals surface area contributed by atoms with Crippen LogP contribution in [0.3, 0.4) is 0 Å². The number of carbonyl (C=O) groups is 1. The zero-order valence-corrected chi connectivity index (χ0v) is 15.8. The van der Waals surface area contributed by atoms with E-state index < -0.39 is 15.8 Å². The molecule has 29 heavy (non-hydrogen) atoms. The Hall–Kier alpha value is -3.78. The Morgan fingerprint density at radius 2 is 1.62 bits per heavy atom. The average Bonchev–Trinajstić information content (AvgIpc) is 2.69. The van der Waals surface area contributed by atoms with E-state index in [0.717, 1.165) is 12.1 Å². The highest BCUT2D eigenvalue weighted by molar-refractivity contribution is 7.92. The minimum absolute atomic E-state index is 0.0608. The van der Waals surface area contributed by atoms with E-state index in [1.807, 2.05) is 0 Å². The molecule has 0 spiro atoms. The summed E-state index contributed by atoms with van der Waals surface area (Å²) in [6, 6.07) is 15.5. The predicted molar refractivity (Wildman–Crippen MR) is 108 cm³/mol. The van der Waals surface area contributed by atoms with E-state index in [1.165, 1.54) is 54.6 Å². The standard InChI is InChI=1S/C21H17NO6S/c23-15-6-4-7-16(13-15)29(27,28)22-18-9-2-1-8-17(18)19(24)12-11-14-5-3-10-20(25)21(14)26/h1-13,22-23,25-26H. The molecule has 7 nitrogen and oxygen atoms in total. The van der Waals surface area contributed by atoms with Crippen molar-refractivity contribution in [2.45, 2.75) is 4.90 Å². The fraction of sp³-hybridized carbons (Fsp3) is 0. The van der Waals surface area contributed by atoms with E-state index in [2.05, 4.69) is 4.72 Å². The molecule has 4 N–H and O–H groups in total. The molecule has 0 atom stereocenters. The molecule has 3 aromatic carbocycles. The Morgan fingerprint density at radius 1 is 0.897 bits per heavy atom. The summed E-state index contributed by atoms with van der Waals surface area (Å²) in [6.45, 7) is 0. The van der Waals surface area contributed by atoms with Crippen molar-refractivity contribution in [1.29, 1.82) is 0 Å². The number of hydrogen-bond donors (Lipinski definition) is 4. The van der Waals surface area contributed by atoms with Gasteiger partial charge in [-0.15, -0.1) is 0 Å². The first-order chi connectivity index (χ1) is 13.8. The zero-order valence-electron chi connectivity index (χ0n) is 15.0. The molecule has 8 heteroatoms. The highest BCUT2D eigenvalue weighted by atomic mass is 32.2. The summed E-state index contributed by atoms with van der Waals surface area (Å²) >= 11 is 0. The summed E-state index contributed by atoms with van der Waals surface area (Å²) in [5.41, 5.74) is 0.383. The van der Waals surface area contributed by atoms with E-state index in [-0.39, 0.29) is 39.0 Å². The lowest BCUT2D eigenvalue weighted by Gasteiger charge is -2.11. The first-order valence-electron chi connectivity index (χ1n) is 8.42. The van der Waals surface area contributed by atoms with Gasteiger partial charge in [-0.25, -0.2) is 8.42 Å². The van der Waals surface area contributed by atoms with Gasteiger partial charge in [-0.05, 0) is 42.5 Å². The SMILES string of the molecule is O=C(C=Cc1cccc(O)c1O)c1ccccc1NS(=O)(=O)c1cccc(O)c1. The molecule has 3 rings (SSSR count). The second kappa shape index (κ2) is 8.07. The van der Waals surface area contributed by atoms with Crippen LogP contribution in [0.5, 0.6) is 17.2 Å². The number of carbonyl (C=O) groups excluding carboxylic acids is 1. The molecule has 3 aromatic rings. The molecule has 0 fully saturated rings. The third kappa shape index (κ3) is 4.56. The fourth-order valence-corrected chi connectivity index (χ4v) is 3.70. The van der Waals surface area contributed by atoms with Crippen molar-refractivity contribution in [2.24, 2.45) is 0 Å². The number of phenols is 3. The van der Waals surface area contributed by atoms with Crippen molar-refractivity contribution in [3.05, 3.63) is 83.9 Å². The van der Waals surface area contributed by atoms with Crippen LogP contribution in [0.15, 0.2) is 77.7 Å². The van der Waals surface area contributed by atoms with E-state index >= 15 is 0 Å². The number of anilines is 1. The summed E-state index contributed by atoms with van der Waals surface area (Å²) in [4.78, 5) is 12.5. The number of nitrogens with one attached hydrogen (secondary N) is 1. The first kappa shape index (κ1) is 20.0. The molecular formula is C21H17NO6S. The first-order valence-corrected chi connectivity index (χ1v) is 9.90. The van der Waals surface area contributed by atoms with Gasteiger partial charge in [0, 0.05) is 17.2 Å². The Kier molecular flexibility index (Phi) is 5.56. The lowest BCUT2D eigenvalue weighted by Crippen LogP contribution is -2.15. The lowest BCUT2D eigenvalue weighted by atomic mass is 10.1. The number of ketones is 1. The van der Waals surface area contributed by atoms with Crippen LogP contribution in [-0.2, 0) is 10.0 Å². The lowest BCUT2D eigenvalue weighted by molar-refractivity contribution is 0.104. The molecule has 148 valence electrons. The van der Waals surface area contributed by atoms with Gasteiger partial charge in [-0.1, -0.05) is 30.3 Å². The number of benzene rings is 3. The van der Waals surface area contributed by atoms with Crippen LogP contribution in [0.1, 0.15) is 15.9 Å². The Bertz CT molecular complexity index is 1200. The van der Waals surface area contributed by atoms with Crippen LogP contribution in [-0.4, -0.2) is 29.5 Å². The van der Waals surface area contributed by atoms with Crippen LogP contribution >= 0.6 is 0 Å². The summed E-state index contributed by atoms with van der Waals surface area (Å²) < 4.78 is 27.5. The summed E-state index contributed by atoms with van der Waals surface area (Å²) in [5.74, 6) is -1.40. The maximum atomic E-state index is 12.6. The monoisotopic (exact) mass is 411 g/mol. The number of hydrogen-bond acceptors (Lipinski definition) is 6. The van der Waals surface area contributed by atoms with Crippen molar-refractivity contribution in [3.63, 3.8) is 0 Å². The van der Waals surface area contributed by atoms with Crippen LogP contribution in [0.4, 0.5) is 5.69 Å². The second-order valence-corrected chi connectivity index (χ2v) is 7.74. The maximum absolute atomic E-state index is 12.6. The number of rotatable bonds is 6. The summed E-state index contributed by atoms with van der Waals surface area (Å²) in [5, 5.41) is 28.8. The molecule has 0 aliphatic rings. The third-order valence-electron chi connectivity index (χ3n) is 4.02. The third-order valence-corrected chi connectivity index (χ3v) is 5.39. The van der Waals surface area contributed by atoms with Gasteiger partial charge in [0.1, 0.15) is 5.75 Å². The highest BCUT2D eigenvalue weighted by Crippen LogP contribution is 2.29. The molecule has 0 saturated carbocycles. The smallest absolute Gasteiger partial charge is 0.262 e. The molecule has 0 aliphatic carbocycles. The van der Waals surface area contributed by atoms with Gasteiger partial charge in [0.05, 0.1) is 10.6 Å². The van der Waals surface area contributed by atoms with Gasteiger partial charge < -0.3 is 15.3 Å². The van der Waals surface area contributed by atoms with E-state index in [9.17, 15) is 28.5 Å². The zero-order chi connectivity index (χ0) is 21.0. The van der Waals surface area contributed by atoms with Gasteiger partial charge in [0.15, 0.2) is 17.3 Å². The second-order valence-electron chi connectivity index (χ2n) is 6.06. The molecule has 0 aromatic heterocycles. The van der Waals surface area contributed by atoms with Gasteiger partial charge in [-0.2, -0.15) is 0 Å². The topological polar surface area (TPSA) is 124 Å². The van der Waals surface area contributed by atoms with Crippen molar-refractivity contribution < 1.29 is 28.5 Å². The van der Waals surface area contributed by atoms with Crippen molar-refractivity contribution in [1.82, 2.24) is 0 Å². The fourth-order valence-electron chi connectivity index (χ4n) is 2.58. The normalized spacial score (nSPS) is 11.4. The molecule has 0 aliphatic heterocycles. The number of allylic oxidation sites excluding steroid dienone is 1. The Morgan fingerprint density at radius 3 is 2.38 bits per heavy atom. The number of phenolic OH excluding ortho intramolecular Hbond substituents is 3. The highest BCUT2D eigenvalue weighted by Gasteiger charge is 2.18. The summed E-state index contributed by atoms with van der Waals surface area (Å²) in [7, 11) is -4.03. The Labute approximate surface area is 167 Å². The maximum Gasteiger partial charge on any atom is 0.262 e. The minimum atomic E-state index is -4.03. The predicted octanol–water partition coefficient (Wildman–Crippen LogP) is 3.50. The van der Waals surface area contributed by atoms with Crippen molar-refractivity contribution in [2.75, 3.05) is 4.72 Å². The molecule has 0 amide bonds. The molecule has 0 unspecified atom stereocenters. The average molecular weight is 411 g/mol. The number of para-hydroxylation sites is 2. The quantitative estimate of drug-likeness (QED) is 0.280. The molecule has 0 saturated heterocycles. The van der Waals surface area contributed by atoms with Gasteiger partial charge in [0.25, 0.3) is 10.0 Å². The van der Waals surface area contributed by atoms with Gasteiger partial charge in [0.2, 0.25) is 0 Å². The van der Waals surface area contributed by atoms with Crippen molar-refractivity contribution in [3.8, 4) is 17.2 Å². The molecule has 0 heterocycles. The van der Waals surface area contributed by atoms with E-state index in [1.54, 1.807) is 12.1 Å². The molecule has 0 bridgehead atoms. The molecular weight excluding hydrogens is 394 g/mol. The van der Waals surface area contributed by atoms with Crippen LogP contribution in [0.25, 0.3) is 6.08 Å². The van der Waals surface area contributed by atoms with Crippen LogP contribution in [0, 0.1) is 0 Å². The number of sulfonamides is 1. The van der Waals surface area contributed by atoms with E-state index in [4.69, 9.17) is 0 Å². The van der Waals surface area contributed by atoms with Crippen LogP contribution < -0.4 is 4.72 Å². The largest absolute Gasteiger partial charge is 0.508 e. The van der Waals surface area contributed by atoms with Gasteiger partial charge >= 0.3 is 0 Å². The van der Waals surface area contributed by atoms with E-state index in [0.29, 0.717) is 0 Å². The van der Waals surface area contributed by atoms with Gasteiger partial charge in [-0.3, -0.25) is 9.52 Å². The minimum Gasteiger partial charge on any atom is -0.508 e. The van der Waals surface area contributed by atoms with Crippen molar-refractivity contribution >= 4 is 27.6 Å². The summed E-state index contributed by atoms with van der Waals surface area (Å²) in [6.07, 6.45) is 2.48. The molecule has 0 radical (unpaired) electrons.